The van der Waals surface area contributed by atoms with Crippen LogP contribution in [-0.4, -0.2) is 4.98 Å². The molecule has 3 heteroatoms. The van der Waals surface area contributed by atoms with Gasteiger partial charge >= 0.3 is 0 Å². The fourth-order valence-electron chi connectivity index (χ4n) is 3.77. The fraction of sp³-hybridized carbons (Fsp3) is 0.0645. The lowest BCUT2D eigenvalue weighted by Gasteiger charge is -2.02. The number of alkyl halides is 1. The second kappa shape index (κ2) is 11.7. The Morgan fingerprint density at radius 2 is 1.18 bits per heavy atom. The summed E-state index contributed by atoms with van der Waals surface area (Å²) in [5.74, 6) is 0.585. The van der Waals surface area contributed by atoms with Gasteiger partial charge in [-0.2, -0.15) is 0 Å². The molecule has 0 N–H and O–H groups in total. The maximum absolute atomic E-state index is 6.13. The van der Waals surface area contributed by atoms with Crippen molar-refractivity contribution in [1.29, 1.82) is 0 Å². The highest BCUT2D eigenvalue weighted by Gasteiger charge is 1.99. The van der Waals surface area contributed by atoms with Crippen molar-refractivity contribution in [3.8, 4) is 0 Å². The largest absolute Gasteiger partial charge is 0.256 e. The molecule has 1 nitrogen and oxygen atoms in total. The standard InChI is InChI=1S/2C11H9Cl.C9H7N/c1-8-6-7-9-4-2-3-5-10(9)11(8)12;12-8-10-6-3-5-9-4-1-2-7-11(9)10;1-2-6-9-8(4-1)5-3-7-10-9/h2-7H,1H3;1-7H,8H2;1-7H. The second-order valence-corrected chi connectivity index (χ2v) is 8.53. The molecule has 0 atom stereocenters. The Morgan fingerprint density at radius 1 is 0.588 bits per heavy atom. The highest BCUT2D eigenvalue weighted by Crippen LogP contribution is 2.26. The minimum Gasteiger partial charge on any atom is -0.256 e. The minimum absolute atomic E-state index is 0.585. The summed E-state index contributed by atoms with van der Waals surface area (Å²) in [6.45, 7) is 2.02. The van der Waals surface area contributed by atoms with E-state index in [9.17, 15) is 0 Å². The smallest absolute Gasteiger partial charge is 0.0701 e. The molecule has 0 fully saturated rings. The molecular formula is C31H25Cl2N. The first-order chi connectivity index (χ1) is 16.7. The van der Waals surface area contributed by atoms with Gasteiger partial charge in [0, 0.05) is 22.8 Å². The Kier molecular flexibility index (Phi) is 8.14. The van der Waals surface area contributed by atoms with E-state index >= 15 is 0 Å². The number of halogens is 2. The summed E-state index contributed by atoms with van der Waals surface area (Å²) in [6.07, 6.45) is 1.81. The first-order valence-electron chi connectivity index (χ1n) is 11.1. The lowest BCUT2D eigenvalue weighted by atomic mass is 10.1. The molecule has 0 saturated heterocycles. The predicted molar refractivity (Wildman–Crippen MR) is 149 cm³/mol. The third kappa shape index (κ3) is 5.75. The van der Waals surface area contributed by atoms with Gasteiger partial charge in [0.2, 0.25) is 0 Å². The van der Waals surface area contributed by atoms with E-state index in [-0.39, 0.29) is 0 Å². The van der Waals surface area contributed by atoms with Gasteiger partial charge in [-0.3, -0.25) is 4.98 Å². The summed E-state index contributed by atoms with van der Waals surface area (Å²) in [7, 11) is 0. The van der Waals surface area contributed by atoms with Crippen LogP contribution in [0.25, 0.3) is 32.4 Å². The number of hydrogen-bond acceptors (Lipinski definition) is 1. The van der Waals surface area contributed by atoms with Crippen molar-refractivity contribution >= 4 is 55.6 Å². The molecule has 168 valence electrons. The number of fused-ring (bicyclic) bond motifs is 3. The summed E-state index contributed by atoms with van der Waals surface area (Å²) >= 11 is 11.9. The summed E-state index contributed by atoms with van der Waals surface area (Å²) < 4.78 is 0. The van der Waals surface area contributed by atoms with Gasteiger partial charge in [-0.25, -0.2) is 0 Å². The van der Waals surface area contributed by atoms with Crippen molar-refractivity contribution in [3.05, 3.63) is 138 Å². The van der Waals surface area contributed by atoms with Crippen LogP contribution >= 0.6 is 23.2 Å². The maximum Gasteiger partial charge on any atom is 0.0701 e. The molecule has 1 heterocycles. The molecule has 6 aromatic rings. The van der Waals surface area contributed by atoms with Gasteiger partial charge in [-0.1, -0.05) is 115 Å². The molecule has 6 rings (SSSR count). The number of rotatable bonds is 1. The van der Waals surface area contributed by atoms with E-state index in [1.807, 2.05) is 79.9 Å². The molecule has 34 heavy (non-hydrogen) atoms. The molecule has 1 aromatic heterocycles. The average Bonchev–Trinajstić information content (AvgIpc) is 2.91. The molecule has 0 saturated carbocycles. The molecule has 0 spiro atoms. The Hall–Kier alpha value is -3.39. The van der Waals surface area contributed by atoms with Crippen LogP contribution in [0.4, 0.5) is 0 Å². The zero-order valence-corrected chi connectivity index (χ0v) is 20.5. The van der Waals surface area contributed by atoms with E-state index < -0.39 is 0 Å². The van der Waals surface area contributed by atoms with Crippen LogP contribution in [0.1, 0.15) is 11.1 Å². The Bertz CT molecular complexity index is 1450. The molecule has 0 aliphatic heterocycles. The first-order valence-corrected chi connectivity index (χ1v) is 12.0. The average molecular weight is 482 g/mol. The van der Waals surface area contributed by atoms with Crippen LogP contribution in [0.15, 0.2) is 121 Å². The molecule has 0 amide bonds. The van der Waals surface area contributed by atoms with E-state index in [1.54, 1.807) is 0 Å². The van der Waals surface area contributed by atoms with E-state index in [4.69, 9.17) is 23.2 Å². The fourth-order valence-corrected chi connectivity index (χ4v) is 4.24. The third-order valence-electron chi connectivity index (χ3n) is 5.59. The van der Waals surface area contributed by atoms with Crippen molar-refractivity contribution in [2.24, 2.45) is 0 Å². The van der Waals surface area contributed by atoms with Crippen molar-refractivity contribution in [2.45, 2.75) is 12.8 Å². The molecule has 0 radical (unpaired) electrons. The first kappa shape index (κ1) is 23.8. The molecule has 5 aromatic carbocycles. The van der Waals surface area contributed by atoms with Gasteiger partial charge in [0.15, 0.2) is 0 Å². The lowest BCUT2D eigenvalue weighted by molar-refractivity contribution is 1.41. The molecular weight excluding hydrogens is 457 g/mol. The van der Waals surface area contributed by atoms with Gasteiger partial charge in [-0.15, -0.1) is 11.6 Å². The minimum atomic E-state index is 0.585. The van der Waals surface area contributed by atoms with Crippen molar-refractivity contribution < 1.29 is 0 Å². The highest BCUT2D eigenvalue weighted by molar-refractivity contribution is 6.36. The van der Waals surface area contributed by atoms with Gasteiger partial charge in [0.1, 0.15) is 0 Å². The van der Waals surface area contributed by atoms with Crippen molar-refractivity contribution in [2.75, 3.05) is 0 Å². The van der Waals surface area contributed by atoms with Crippen LogP contribution < -0.4 is 0 Å². The van der Waals surface area contributed by atoms with E-state index in [1.165, 1.54) is 27.1 Å². The van der Waals surface area contributed by atoms with Crippen molar-refractivity contribution in [1.82, 2.24) is 4.98 Å². The number of hydrogen-bond donors (Lipinski definition) is 0. The van der Waals surface area contributed by atoms with Crippen LogP contribution in [-0.2, 0) is 5.88 Å². The SMILES string of the molecule is Cc1ccc2ccccc2c1Cl.ClCc1cccc2ccccc12.c1ccc2ncccc2c1. The Labute approximate surface area is 210 Å². The number of pyridine rings is 1. The van der Waals surface area contributed by atoms with E-state index in [0.717, 1.165) is 21.5 Å². The topological polar surface area (TPSA) is 12.9 Å². The molecule has 0 aliphatic carbocycles. The molecule has 0 aliphatic rings. The number of aryl methyl sites for hydroxylation is 1. The Balaban J connectivity index is 0.000000121. The normalized spacial score (nSPS) is 10.3. The quantitative estimate of drug-likeness (QED) is 0.213. The summed E-state index contributed by atoms with van der Waals surface area (Å²) in [6, 6.07) is 38.9. The molecule has 0 unspecified atom stereocenters. The zero-order chi connectivity index (χ0) is 23.8. The summed E-state index contributed by atoms with van der Waals surface area (Å²) in [4.78, 5) is 4.18. The predicted octanol–water partition coefficient (Wildman–Crippen LogP) is 9.62. The lowest BCUT2D eigenvalue weighted by Crippen LogP contribution is -1.79. The molecule has 0 bridgehead atoms. The van der Waals surface area contributed by atoms with Crippen LogP contribution in [0, 0.1) is 6.92 Å². The maximum atomic E-state index is 6.13. The van der Waals surface area contributed by atoms with Crippen LogP contribution in [0.3, 0.4) is 0 Å². The van der Waals surface area contributed by atoms with Gasteiger partial charge in [0.05, 0.1) is 10.5 Å². The van der Waals surface area contributed by atoms with Gasteiger partial charge in [0.25, 0.3) is 0 Å². The van der Waals surface area contributed by atoms with Gasteiger partial charge < -0.3 is 0 Å². The Morgan fingerprint density at radius 3 is 1.91 bits per heavy atom. The third-order valence-corrected chi connectivity index (χ3v) is 6.38. The zero-order valence-electron chi connectivity index (χ0n) is 19.0. The van der Waals surface area contributed by atoms with Crippen LogP contribution in [0.5, 0.6) is 0 Å². The summed E-state index contributed by atoms with van der Waals surface area (Å²) in [5, 5.41) is 6.93. The number of para-hydroxylation sites is 1. The van der Waals surface area contributed by atoms with Crippen LogP contribution in [0.2, 0.25) is 5.02 Å². The monoisotopic (exact) mass is 481 g/mol. The van der Waals surface area contributed by atoms with E-state index in [2.05, 4.69) is 53.5 Å². The van der Waals surface area contributed by atoms with Crippen molar-refractivity contribution in [3.63, 3.8) is 0 Å². The summed E-state index contributed by atoms with van der Waals surface area (Å²) in [5.41, 5.74) is 3.40. The van der Waals surface area contributed by atoms with E-state index in [0.29, 0.717) is 5.88 Å². The number of nitrogens with zero attached hydrogens (tertiary/aromatic N) is 1. The van der Waals surface area contributed by atoms with Gasteiger partial charge in [-0.05, 0) is 46.3 Å². The highest BCUT2D eigenvalue weighted by atomic mass is 35.5. The second-order valence-electron chi connectivity index (χ2n) is 7.89. The number of aromatic nitrogens is 1. The number of benzene rings is 5.